The lowest BCUT2D eigenvalue weighted by Gasteiger charge is -2.05. The van der Waals surface area contributed by atoms with E-state index in [-0.39, 0.29) is 10.7 Å². The predicted molar refractivity (Wildman–Crippen MR) is 70.4 cm³/mol. The number of nitrogens with two attached hydrogens (primary N) is 1. The van der Waals surface area contributed by atoms with Gasteiger partial charge in [0.2, 0.25) is 10.0 Å². The van der Waals surface area contributed by atoms with Gasteiger partial charge in [0.25, 0.3) is 0 Å². The Balaban J connectivity index is 2.34. The van der Waals surface area contributed by atoms with Crippen molar-refractivity contribution in [2.75, 3.05) is 24.3 Å². The SMILES string of the molecule is CSCCCCCNS(=O)(=O)c1cn[nH]c1N. The molecule has 0 amide bonds. The van der Waals surface area contributed by atoms with Crippen molar-refractivity contribution in [2.24, 2.45) is 0 Å². The summed E-state index contributed by atoms with van der Waals surface area (Å²) in [7, 11) is -3.51. The lowest BCUT2D eigenvalue weighted by molar-refractivity contribution is 0.576. The van der Waals surface area contributed by atoms with Crippen LogP contribution in [0, 0.1) is 0 Å². The Morgan fingerprint density at radius 1 is 1.47 bits per heavy atom. The van der Waals surface area contributed by atoms with Gasteiger partial charge in [0.15, 0.2) is 0 Å². The van der Waals surface area contributed by atoms with E-state index in [4.69, 9.17) is 5.73 Å². The van der Waals surface area contributed by atoms with Crippen molar-refractivity contribution in [3.05, 3.63) is 6.20 Å². The second-order valence-corrected chi connectivity index (χ2v) is 6.32. The van der Waals surface area contributed by atoms with Crippen LogP contribution >= 0.6 is 11.8 Å². The first kappa shape index (κ1) is 14.3. The fourth-order valence-electron chi connectivity index (χ4n) is 1.33. The van der Waals surface area contributed by atoms with E-state index in [9.17, 15) is 8.42 Å². The molecule has 17 heavy (non-hydrogen) atoms. The standard InChI is InChI=1S/C9H18N4O2S2/c1-16-6-4-2-3-5-12-17(14,15)8-7-11-13-9(8)10/h7,12H,2-6H2,1H3,(H3,10,11,13). The molecular weight excluding hydrogens is 260 g/mol. The van der Waals surface area contributed by atoms with Gasteiger partial charge in [-0.1, -0.05) is 6.42 Å². The number of nitrogen functional groups attached to an aromatic ring is 1. The second kappa shape index (κ2) is 6.87. The Kier molecular flexibility index (Phi) is 5.79. The van der Waals surface area contributed by atoms with Crippen LogP contribution in [0.2, 0.25) is 0 Å². The zero-order valence-corrected chi connectivity index (χ0v) is 11.4. The summed E-state index contributed by atoms with van der Waals surface area (Å²) in [5, 5.41) is 5.98. The number of hydrogen-bond donors (Lipinski definition) is 3. The number of H-pyrrole nitrogens is 1. The van der Waals surface area contributed by atoms with E-state index < -0.39 is 10.0 Å². The van der Waals surface area contributed by atoms with Crippen molar-refractivity contribution >= 4 is 27.6 Å². The molecule has 98 valence electrons. The molecule has 1 aromatic heterocycles. The third-order valence-electron chi connectivity index (χ3n) is 2.24. The van der Waals surface area contributed by atoms with Gasteiger partial charge in [0, 0.05) is 6.54 Å². The Morgan fingerprint density at radius 3 is 2.82 bits per heavy atom. The number of aromatic amines is 1. The predicted octanol–water partition coefficient (Wildman–Crippen LogP) is 0.803. The first-order chi connectivity index (χ1) is 8.08. The van der Waals surface area contributed by atoms with Crippen LogP contribution in [0.1, 0.15) is 19.3 Å². The minimum absolute atomic E-state index is 0.0154. The summed E-state index contributed by atoms with van der Waals surface area (Å²) in [4.78, 5) is 0.0154. The number of anilines is 1. The molecule has 0 aliphatic rings. The highest BCUT2D eigenvalue weighted by molar-refractivity contribution is 7.98. The van der Waals surface area contributed by atoms with Crippen LogP contribution in [0.25, 0.3) is 0 Å². The summed E-state index contributed by atoms with van der Waals surface area (Å²) in [5.41, 5.74) is 5.46. The van der Waals surface area contributed by atoms with Crippen LogP contribution in [-0.4, -0.2) is 37.2 Å². The fraction of sp³-hybridized carbons (Fsp3) is 0.667. The minimum Gasteiger partial charge on any atom is -0.383 e. The molecule has 1 aromatic rings. The number of rotatable bonds is 8. The van der Waals surface area contributed by atoms with Crippen molar-refractivity contribution < 1.29 is 8.42 Å². The fourth-order valence-corrected chi connectivity index (χ4v) is 2.92. The van der Waals surface area contributed by atoms with E-state index in [1.165, 1.54) is 6.20 Å². The molecule has 0 aliphatic carbocycles. The van der Waals surface area contributed by atoms with Gasteiger partial charge in [0.05, 0.1) is 6.20 Å². The van der Waals surface area contributed by atoms with Gasteiger partial charge in [-0.3, -0.25) is 5.10 Å². The summed E-state index contributed by atoms with van der Waals surface area (Å²) in [5.74, 6) is 1.18. The van der Waals surface area contributed by atoms with Gasteiger partial charge < -0.3 is 5.73 Å². The van der Waals surface area contributed by atoms with Crippen LogP contribution < -0.4 is 10.5 Å². The Labute approximate surface area is 106 Å². The van der Waals surface area contributed by atoms with Gasteiger partial charge in [-0.25, -0.2) is 13.1 Å². The van der Waals surface area contributed by atoms with Gasteiger partial charge in [-0.05, 0) is 24.9 Å². The summed E-state index contributed by atoms with van der Waals surface area (Å²) < 4.78 is 26.0. The molecule has 0 radical (unpaired) electrons. The lowest BCUT2D eigenvalue weighted by Crippen LogP contribution is -2.25. The Morgan fingerprint density at radius 2 is 2.24 bits per heavy atom. The normalized spacial score (nSPS) is 11.8. The zero-order chi connectivity index (χ0) is 12.7. The molecule has 1 heterocycles. The highest BCUT2D eigenvalue weighted by Gasteiger charge is 2.18. The molecule has 0 fully saturated rings. The molecule has 0 bridgehead atoms. The molecule has 8 heteroatoms. The Hall–Kier alpha value is -0.730. The number of nitrogens with one attached hydrogen (secondary N) is 2. The topological polar surface area (TPSA) is 101 Å². The van der Waals surface area contributed by atoms with E-state index in [0.717, 1.165) is 25.0 Å². The summed E-state index contributed by atoms with van der Waals surface area (Å²) in [6.45, 7) is 0.432. The first-order valence-electron chi connectivity index (χ1n) is 5.35. The highest BCUT2D eigenvalue weighted by atomic mass is 32.2. The van der Waals surface area contributed by atoms with Gasteiger partial charge >= 0.3 is 0 Å². The van der Waals surface area contributed by atoms with E-state index in [0.29, 0.717) is 6.54 Å². The minimum atomic E-state index is -3.51. The van der Waals surface area contributed by atoms with Gasteiger partial charge in [-0.2, -0.15) is 16.9 Å². The maximum atomic E-state index is 11.7. The van der Waals surface area contributed by atoms with E-state index in [1.54, 1.807) is 11.8 Å². The number of nitrogens with zero attached hydrogens (tertiary/aromatic N) is 1. The molecule has 4 N–H and O–H groups in total. The largest absolute Gasteiger partial charge is 0.383 e. The van der Waals surface area contributed by atoms with Crippen LogP contribution in [-0.2, 0) is 10.0 Å². The van der Waals surface area contributed by atoms with Crippen molar-refractivity contribution in [3.63, 3.8) is 0 Å². The van der Waals surface area contributed by atoms with Gasteiger partial charge in [0.1, 0.15) is 10.7 Å². The van der Waals surface area contributed by atoms with Crippen molar-refractivity contribution in [1.82, 2.24) is 14.9 Å². The quantitative estimate of drug-likeness (QED) is 0.611. The van der Waals surface area contributed by atoms with Crippen molar-refractivity contribution in [1.29, 1.82) is 0 Å². The zero-order valence-electron chi connectivity index (χ0n) is 9.77. The average Bonchev–Trinajstić information content (AvgIpc) is 2.70. The molecule has 0 saturated carbocycles. The molecule has 0 atom stereocenters. The van der Waals surface area contributed by atoms with Crippen LogP contribution in [0.15, 0.2) is 11.1 Å². The molecule has 0 aromatic carbocycles. The third kappa shape index (κ3) is 4.57. The molecule has 0 saturated heterocycles. The van der Waals surface area contributed by atoms with Gasteiger partial charge in [-0.15, -0.1) is 0 Å². The number of aromatic nitrogens is 2. The van der Waals surface area contributed by atoms with E-state index in [1.807, 2.05) is 0 Å². The molecular formula is C9H18N4O2S2. The number of sulfonamides is 1. The smallest absolute Gasteiger partial charge is 0.245 e. The maximum Gasteiger partial charge on any atom is 0.245 e. The monoisotopic (exact) mass is 278 g/mol. The number of thioether (sulfide) groups is 1. The number of unbranched alkanes of at least 4 members (excludes halogenated alkanes) is 2. The lowest BCUT2D eigenvalue weighted by atomic mass is 10.2. The Bertz CT molecular complexity index is 430. The van der Waals surface area contributed by atoms with Crippen LogP contribution in [0.3, 0.4) is 0 Å². The number of hydrogen-bond acceptors (Lipinski definition) is 5. The molecule has 6 nitrogen and oxygen atoms in total. The average molecular weight is 278 g/mol. The molecule has 1 rings (SSSR count). The summed E-state index contributed by atoms with van der Waals surface area (Å²) in [6, 6.07) is 0. The highest BCUT2D eigenvalue weighted by Crippen LogP contribution is 2.13. The maximum absolute atomic E-state index is 11.7. The second-order valence-electron chi connectivity index (χ2n) is 3.60. The van der Waals surface area contributed by atoms with Crippen LogP contribution in [0.4, 0.5) is 5.82 Å². The third-order valence-corrected chi connectivity index (χ3v) is 4.42. The molecule has 0 aliphatic heterocycles. The van der Waals surface area contributed by atoms with Crippen molar-refractivity contribution in [2.45, 2.75) is 24.2 Å². The first-order valence-corrected chi connectivity index (χ1v) is 8.23. The summed E-state index contributed by atoms with van der Waals surface area (Å²) in [6.07, 6.45) is 6.23. The van der Waals surface area contributed by atoms with Crippen molar-refractivity contribution in [3.8, 4) is 0 Å². The van der Waals surface area contributed by atoms with Crippen LogP contribution in [0.5, 0.6) is 0 Å². The van der Waals surface area contributed by atoms with E-state index in [2.05, 4.69) is 21.2 Å². The van der Waals surface area contributed by atoms with E-state index >= 15 is 0 Å². The molecule has 0 unspecified atom stereocenters. The molecule has 0 spiro atoms. The summed E-state index contributed by atoms with van der Waals surface area (Å²) >= 11 is 1.80.